The fraction of sp³-hybridized carbons (Fsp3) is 0.318. The number of aromatic nitrogens is 3. The first-order chi connectivity index (χ1) is 14.9. The van der Waals surface area contributed by atoms with Gasteiger partial charge in [-0.1, -0.05) is 0 Å². The van der Waals surface area contributed by atoms with Crippen LogP contribution in [-0.4, -0.2) is 65.7 Å². The number of rotatable bonds is 6. The van der Waals surface area contributed by atoms with Gasteiger partial charge >= 0.3 is 0 Å². The Bertz CT molecular complexity index is 1090. The SMILES string of the molecule is COc1cc(N2CCN(C)CC2)ccc1Nc1nccc(-c2cc(C(N)=O)cn2C)n1. The fourth-order valence-corrected chi connectivity index (χ4v) is 3.68. The van der Waals surface area contributed by atoms with Crippen LogP contribution in [0, 0.1) is 0 Å². The Kier molecular flexibility index (Phi) is 5.77. The lowest BCUT2D eigenvalue weighted by Crippen LogP contribution is -2.44. The molecule has 1 aromatic carbocycles. The third-order valence-electron chi connectivity index (χ3n) is 5.51. The molecule has 0 saturated carbocycles. The Morgan fingerprint density at radius 3 is 2.58 bits per heavy atom. The molecular formula is C22H27N7O2. The summed E-state index contributed by atoms with van der Waals surface area (Å²) < 4.78 is 7.44. The molecule has 0 radical (unpaired) electrons. The van der Waals surface area contributed by atoms with Gasteiger partial charge in [-0.05, 0) is 31.3 Å². The van der Waals surface area contributed by atoms with Gasteiger partial charge in [0, 0.05) is 57.4 Å². The van der Waals surface area contributed by atoms with E-state index in [0.29, 0.717) is 17.2 Å². The Labute approximate surface area is 181 Å². The first-order valence-electron chi connectivity index (χ1n) is 10.1. The maximum atomic E-state index is 11.5. The van der Waals surface area contributed by atoms with Crippen LogP contribution in [0.1, 0.15) is 10.4 Å². The molecule has 0 bridgehead atoms. The summed E-state index contributed by atoms with van der Waals surface area (Å²) in [5.74, 6) is 0.685. The van der Waals surface area contributed by atoms with Crippen molar-refractivity contribution in [2.45, 2.75) is 0 Å². The van der Waals surface area contributed by atoms with Gasteiger partial charge in [0.05, 0.1) is 29.7 Å². The molecule has 1 aliphatic rings. The predicted molar refractivity (Wildman–Crippen MR) is 121 cm³/mol. The van der Waals surface area contributed by atoms with Gasteiger partial charge in [-0.3, -0.25) is 4.79 Å². The van der Waals surface area contributed by atoms with E-state index in [-0.39, 0.29) is 0 Å². The number of anilines is 3. The lowest BCUT2D eigenvalue weighted by Gasteiger charge is -2.34. The maximum Gasteiger partial charge on any atom is 0.250 e. The molecule has 9 heteroatoms. The van der Waals surface area contributed by atoms with E-state index in [2.05, 4.69) is 38.2 Å². The van der Waals surface area contributed by atoms with Crippen LogP contribution in [0.5, 0.6) is 5.75 Å². The molecular weight excluding hydrogens is 394 g/mol. The molecule has 1 fully saturated rings. The zero-order valence-electron chi connectivity index (χ0n) is 18.0. The minimum absolute atomic E-state index is 0.435. The largest absolute Gasteiger partial charge is 0.494 e. The van der Waals surface area contributed by atoms with Crippen molar-refractivity contribution >= 4 is 23.2 Å². The molecule has 1 amide bonds. The highest BCUT2D eigenvalue weighted by Gasteiger charge is 2.17. The van der Waals surface area contributed by atoms with Crippen molar-refractivity contribution in [1.29, 1.82) is 0 Å². The topological polar surface area (TPSA) is 102 Å². The Morgan fingerprint density at radius 2 is 1.90 bits per heavy atom. The second-order valence-corrected chi connectivity index (χ2v) is 7.65. The third kappa shape index (κ3) is 4.46. The number of piperazine rings is 1. The summed E-state index contributed by atoms with van der Waals surface area (Å²) in [6.45, 7) is 4.06. The van der Waals surface area contributed by atoms with Gasteiger partial charge < -0.3 is 30.2 Å². The number of aryl methyl sites for hydroxylation is 1. The van der Waals surface area contributed by atoms with Crippen LogP contribution in [-0.2, 0) is 7.05 Å². The number of ether oxygens (including phenoxy) is 1. The van der Waals surface area contributed by atoms with Crippen molar-refractivity contribution in [2.24, 2.45) is 12.8 Å². The smallest absolute Gasteiger partial charge is 0.250 e. The molecule has 1 aliphatic heterocycles. The minimum Gasteiger partial charge on any atom is -0.494 e. The van der Waals surface area contributed by atoms with E-state index in [9.17, 15) is 4.79 Å². The number of hydrogen-bond donors (Lipinski definition) is 2. The number of carbonyl (C=O) groups excluding carboxylic acids is 1. The van der Waals surface area contributed by atoms with Gasteiger partial charge in [-0.25, -0.2) is 9.97 Å². The molecule has 2 aromatic heterocycles. The molecule has 0 atom stereocenters. The van der Waals surface area contributed by atoms with Crippen molar-refractivity contribution in [3.05, 3.63) is 48.3 Å². The summed E-state index contributed by atoms with van der Waals surface area (Å²) >= 11 is 0. The molecule has 0 unspecified atom stereocenters. The number of hydrogen-bond acceptors (Lipinski definition) is 7. The summed E-state index contributed by atoms with van der Waals surface area (Å²) in [7, 11) is 5.64. The Balaban J connectivity index is 1.57. The number of likely N-dealkylation sites (N-methyl/N-ethyl adjacent to an activating group) is 1. The van der Waals surface area contributed by atoms with Gasteiger partial charge in [-0.2, -0.15) is 0 Å². The van der Waals surface area contributed by atoms with Crippen molar-refractivity contribution < 1.29 is 9.53 Å². The van der Waals surface area contributed by atoms with Crippen LogP contribution < -0.4 is 20.7 Å². The second-order valence-electron chi connectivity index (χ2n) is 7.65. The summed E-state index contributed by atoms with van der Waals surface area (Å²) in [4.78, 5) is 25.1. The standard InChI is InChI=1S/C22H27N7O2/c1-27-8-10-29(11-9-27)16-4-5-18(20(13-16)31-3)26-22-24-7-6-17(25-22)19-12-15(21(23)30)14-28(19)2/h4-7,12-14H,8-11H2,1-3H3,(H2,23,30)(H,24,25,26). The van der Waals surface area contributed by atoms with E-state index in [1.165, 1.54) is 0 Å². The molecule has 1 saturated heterocycles. The van der Waals surface area contributed by atoms with Crippen molar-refractivity contribution in [3.8, 4) is 17.1 Å². The number of primary amides is 1. The molecule has 9 nitrogen and oxygen atoms in total. The monoisotopic (exact) mass is 421 g/mol. The molecule has 4 rings (SSSR count). The van der Waals surface area contributed by atoms with Crippen LogP contribution in [0.2, 0.25) is 0 Å². The van der Waals surface area contributed by atoms with Crippen molar-refractivity contribution in [3.63, 3.8) is 0 Å². The van der Waals surface area contributed by atoms with Crippen LogP contribution >= 0.6 is 0 Å². The highest BCUT2D eigenvalue weighted by atomic mass is 16.5. The lowest BCUT2D eigenvalue weighted by molar-refractivity contribution is 0.100. The van der Waals surface area contributed by atoms with Gasteiger partial charge in [-0.15, -0.1) is 0 Å². The summed E-state index contributed by atoms with van der Waals surface area (Å²) in [5.41, 5.74) is 9.20. The van der Waals surface area contributed by atoms with E-state index in [1.54, 1.807) is 31.6 Å². The number of methoxy groups -OCH3 is 1. The number of benzene rings is 1. The van der Waals surface area contributed by atoms with E-state index >= 15 is 0 Å². The molecule has 0 spiro atoms. The number of carbonyl (C=O) groups is 1. The van der Waals surface area contributed by atoms with E-state index in [0.717, 1.165) is 49.0 Å². The van der Waals surface area contributed by atoms with Crippen molar-refractivity contribution in [1.82, 2.24) is 19.4 Å². The van der Waals surface area contributed by atoms with Crippen LogP contribution in [0.15, 0.2) is 42.7 Å². The third-order valence-corrected chi connectivity index (χ3v) is 5.51. The first kappa shape index (κ1) is 20.7. The summed E-state index contributed by atoms with van der Waals surface area (Å²) in [5, 5.41) is 3.24. The number of nitrogens with two attached hydrogens (primary N) is 1. The zero-order valence-corrected chi connectivity index (χ0v) is 18.0. The van der Waals surface area contributed by atoms with Gasteiger partial charge in [0.15, 0.2) is 0 Å². The highest BCUT2D eigenvalue weighted by molar-refractivity contribution is 5.94. The second kappa shape index (κ2) is 8.65. The summed E-state index contributed by atoms with van der Waals surface area (Å²) in [6.07, 6.45) is 3.36. The average molecular weight is 422 g/mol. The molecule has 3 N–H and O–H groups in total. The summed E-state index contributed by atoms with van der Waals surface area (Å²) in [6, 6.07) is 9.61. The van der Waals surface area contributed by atoms with Gasteiger partial charge in [0.25, 0.3) is 0 Å². The Hall–Kier alpha value is -3.59. The quantitative estimate of drug-likeness (QED) is 0.628. The minimum atomic E-state index is -0.473. The Morgan fingerprint density at radius 1 is 1.13 bits per heavy atom. The molecule has 31 heavy (non-hydrogen) atoms. The van der Waals surface area contributed by atoms with Crippen LogP contribution in [0.25, 0.3) is 11.4 Å². The average Bonchev–Trinajstić information content (AvgIpc) is 3.17. The highest BCUT2D eigenvalue weighted by Crippen LogP contribution is 2.32. The maximum absolute atomic E-state index is 11.5. The number of nitrogens with zero attached hydrogens (tertiary/aromatic N) is 5. The van der Waals surface area contributed by atoms with Crippen molar-refractivity contribution in [2.75, 3.05) is 50.6 Å². The van der Waals surface area contributed by atoms with Gasteiger partial charge in [0.1, 0.15) is 5.75 Å². The first-order valence-corrected chi connectivity index (χ1v) is 10.1. The number of amides is 1. The van der Waals surface area contributed by atoms with Gasteiger partial charge in [0.2, 0.25) is 11.9 Å². The molecule has 162 valence electrons. The van der Waals surface area contributed by atoms with E-state index < -0.39 is 5.91 Å². The zero-order chi connectivity index (χ0) is 22.0. The van der Waals surface area contributed by atoms with Crippen LogP contribution in [0.4, 0.5) is 17.3 Å². The van der Waals surface area contributed by atoms with Crippen LogP contribution in [0.3, 0.4) is 0 Å². The molecule has 3 heterocycles. The molecule has 3 aromatic rings. The van der Waals surface area contributed by atoms with E-state index in [1.807, 2.05) is 23.7 Å². The predicted octanol–water partition coefficient (Wildman–Crippen LogP) is 2.08. The fourth-order valence-electron chi connectivity index (χ4n) is 3.68. The lowest BCUT2D eigenvalue weighted by atomic mass is 10.2. The molecule has 0 aliphatic carbocycles. The number of nitrogens with one attached hydrogen (secondary N) is 1. The normalized spacial score (nSPS) is 14.5. The van der Waals surface area contributed by atoms with E-state index in [4.69, 9.17) is 10.5 Å².